The molecule has 132 valence electrons. The van der Waals surface area contributed by atoms with Crippen molar-refractivity contribution in [2.75, 3.05) is 31.1 Å². The van der Waals surface area contributed by atoms with E-state index in [4.69, 9.17) is 0 Å². The SMILES string of the molecule is OC1(c2ccccc2)CCN(Cc2cnc(N3CCCCC3)nc2)C1. The van der Waals surface area contributed by atoms with Gasteiger partial charge in [-0.15, -0.1) is 0 Å². The third kappa shape index (κ3) is 3.67. The molecule has 3 heterocycles. The van der Waals surface area contributed by atoms with E-state index >= 15 is 0 Å². The largest absolute Gasteiger partial charge is 0.384 e. The van der Waals surface area contributed by atoms with Crippen LogP contribution in [-0.2, 0) is 12.1 Å². The summed E-state index contributed by atoms with van der Waals surface area (Å²) in [5.74, 6) is 0.852. The van der Waals surface area contributed by atoms with Crippen LogP contribution >= 0.6 is 0 Å². The summed E-state index contributed by atoms with van der Waals surface area (Å²) in [4.78, 5) is 13.7. The van der Waals surface area contributed by atoms with E-state index in [0.717, 1.165) is 49.7 Å². The topological polar surface area (TPSA) is 52.5 Å². The van der Waals surface area contributed by atoms with Gasteiger partial charge in [-0.2, -0.15) is 0 Å². The summed E-state index contributed by atoms with van der Waals surface area (Å²) < 4.78 is 0. The molecule has 5 heteroatoms. The first-order chi connectivity index (χ1) is 12.2. The highest BCUT2D eigenvalue weighted by atomic mass is 16.3. The molecule has 1 atom stereocenters. The van der Waals surface area contributed by atoms with E-state index in [0.29, 0.717) is 6.54 Å². The van der Waals surface area contributed by atoms with Gasteiger partial charge in [0.15, 0.2) is 0 Å². The van der Waals surface area contributed by atoms with Crippen molar-refractivity contribution < 1.29 is 5.11 Å². The number of nitrogens with zero attached hydrogens (tertiary/aromatic N) is 4. The summed E-state index contributed by atoms with van der Waals surface area (Å²) in [5.41, 5.74) is 1.38. The monoisotopic (exact) mass is 338 g/mol. The van der Waals surface area contributed by atoms with E-state index in [1.54, 1.807) is 0 Å². The predicted molar refractivity (Wildman–Crippen MR) is 98.3 cm³/mol. The second-order valence-corrected chi connectivity index (χ2v) is 7.30. The van der Waals surface area contributed by atoms with Crippen molar-refractivity contribution in [3.63, 3.8) is 0 Å². The molecule has 2 fully saturated rings. The Bertz CT molecular complexity index is 685. The Labute approximate surface area is 149 Å². The van der Waals surface area contributed by atoms with Crippen molar-refractivity contribution in [1.29, 1.82) is 0 Å². The number of likely N-dealkylation sites (tertiary alicyclic amines) is 1. The highest BCUT2D eigenvalue weighted by Gasteiger charge is 2.37. The molecule has 1 N–H and O–H groups in total. The molecule has 2 saturated heterocycles. The molecule has 1 aromatic heterocycles. The highest BCUT2D eigenvalue weighted by molar-refractivity contribution is 5.30. The van der Waals surface area contributed by atoms with Gasteiger partial charge < -0.3 is 10.0 Å². The fraction of sp³-hybridized carbons (Fsp3) is 0.500. The van der Waals surface area contributed by atoms with Crippen LogP contribution in [0, 0.1) is 0 Å². The fourth-order valence-corrected chi connectivity index (χ4v) is 3.94. The molecule has 0 radical (unpaired) electrons. The minimum atomic E-state index is -0.740. The van der Waals surface area contributed by atoms with E-state index < -0.39 is 5.60 Å². The van der Waals surface area contributed by atoms with Gasteiger partial charge in [0.2, 0.25) is 5.95 Å². The molecule has 1 aromatic carbocycles. The molecule has 0 amide bonds. The van der Waals surface area contributed by atoms with Crippen molar-refractivity contribution in [2.45, 2.75) is 37.8 Å². The van der Waals surface area contributed by atoms with Crippen LogP contribution in [0.5, 0.6) is 0 Å². The van der Waals surface area contributed by atoms with Crippen molar-refractivity contribution in [3.8, 4) is 0 Å². The van der Waals surface area contributed by atoms with Gasteiger partial charge in [-0.3, -0.25) is 4.90 Å². The third-order valence-electron chi connectivity index (χ3n) is 5.37. The molecule has 1 unspecified atom stereocenters. The molecule has 25 heavy (non-hydrogen) atoms. The average molecular weight is 338 g/mol. The third-order valence-corrected chi connectivity index (χ3v) is 5.37. The maximum atomic E-state index is 10.9. The fourth-order valence-electron chi connectivity index (χ4n) is 3.94. The van der Waals surface area contributed by atoms with E-state index in [2.05, 4.69) is 19.8 Å². The Morgan fingerprint density at radius 1 is 0.960 bits per heavy atom. The smallest absolute Gasteiger partial charge is 0.225 e. The minimum Gasteiger partial charge on any atom is -0.384 e. The molecule has 0 bridgehead atoms. The summed E-state index contributed by atoms with van der Waals surface area (Å²) in [5, 5.41) is 10.9. The van der Waals surface area contributed by atoms with Gasteiger partial charge in [-0.1, -0.05) is 30.3 Å². The Hall–Kier alpha value is -1.98. The van der Waals surface area contributed by atoms with Crippen molar-refractivity contribution in [3.05, 3.63) is 53.9 Å². The molecule has 2 aliphatic rings. The summed E-state index contributed by atoms with van der Waals surface area (Å²) in [6.07, 6.45) is 8.43. The lowest BCUT2D eigenvalue weighted by Gasteiger charge is -2.26. The maximum Gasteiger partial charge on any atom is 0.225 e. The highest BCUT2D eigenvalue weighted by Crippen LogP contribution is 2.32. The van der Waals surface area contributed by atoms with Gasteiger partial charge in [0.05, 0.1) is 0 Å². The molecule has 0 saturated carbocycles. The summed E-state index contributed by atoms with van der Waals surface area (Å²) in [6.45, 7) is 4.46. The number of piperidine rings is 1. The molecule has 0 spiro atoms. The van der Waals surface area contributed by atoms with Crippen LogP contribution in [0.15, 0.2) is 42.7 Å². The normalized spacial score (nSPS) is 24.6. The summed E-state index contributed by atoms with van der Waals surface area (Å²) >= 11 is 0. The van der Waals surface area contributed by atoms with Gasteiger partial charge in [0.25, 0.3) is 0 Å². The van der Waals surface area contributed by atoms with Gasteiger partial charge in [-0.25, -0.2) is 9.97 Å². The van der Waals surface area contributed by atoms with Crippen LogP contribution in [0.2, 0.25) is 0 Å². The Morgan fingerprint density at radius 2 is 1.68 bits per heavy atom. The maximum absolute atomic E-state index is 10.9. The summed E-state index contributed by atoms with van der Waals surface area (Å²) in [6, 6.07) is 9.99. The van der Waals surface area contributed by atoms with Crippen LogP contribution in [0.25, 0.3) is 0 Å². The first-order valence-corrected chi connectivity index (χ1v) is 9.29. The van der Waals surface area contributed by atoms with Gasteiger partial charge >= 0.3 is 0 Å². The van der Waals surface area contributed by atoms with Crippen molar-refractivity contribution >= 4 is 5.95 Å². The quantitative estimate of drug-likeness (QED) is 0.928. The van der Waals surface area contributed by atoms with Crippen LogP contribution < -0.4 is 4.90 Å². The van der Waals surface area contributed by atoms with Gasteiger partial charge in [0, 0.05) is 50.7 Å². The first kappa shape index (κ1) is 16.5. The second kappa shape index (κ2) is 7.10. The molecule has 0 aliphatic carbocycles. The van der Waals surface area contributed by atoms with Gasteiger partial charge in [-0.05, 0) is 31.2 Å². The van der Waals surface area contributed by atoms with Crippen molar-refractivity contribution in [1.82, 2.24) is 14.9 Å². The second-order valence-electron chi connectivity index (χ2n) is 7.30. The number of anilines is 1. The van der Waals surface area contributed by atoms with Crippen LogP contribution in [-0.4, -0.2) is 46.2 Å². The molecule has 2 aromatic rings. The van der Waals surface area contributed by atoms with Crippen LogP contribution in [0.3, 0.4) is 0 Å². The number of β-amino-alcohol motifs (C(OH)–C–C–N with tert-alkyl or cyclic N) is 1. The number of aliphatic hydroxyl groups is 1. The zero-order chi connectivity index (χ0) is 17.1. The van der Waals surface area contributed by atoms with E-state index in [9.17, 15) is 5.11 Å². The standard InChI is InChI=1S/C20H26N4O/c25-20(18-7-3-1-4-8-18)9-12-23(16-20)15-17-13-21-19(22-14-17)24-10-5-2-6-11-24/h1,3-4,7-8,13-14,25H,2,5-6,9-12,15-16H2. The lowest BCUT2D eigenvalue weighted by atomic mass is 9.93. The average Bonchev–Trinajstić information content (AvgIpc) is 3.06. The number of rotatable bonds is 4. The van der Waals surface area contributed by atoms with E-state index in [-0.39, 0.29) is 0 Å². The molecule has 2 aliphatic heterocycles. The molecule has 5 nitrogen and oxygen atoms in total. The Kier molecular flexibility index (Phi) is 4.68. The molecule has 4 rings (SSSR count). The lowest BCUT2D eigenvalue weighted by molar-refractivity contribution is 0.0453. The zero-order valence-electron chi connectivity index (χ0n) is 14.6. The number of hydrogen-bond acceptors (Lipinski definition) is 5. The molecular weight excluding hydrogens is 312 g/mol. The van der Waals surface area contributed by atoms with Crippen LogP contribution in [0.1, 0.15) is 36.8 Å². The van der Waals surface area contributed by atoms with E-state index in [1.165, 1.54) is 19.3 Å². The summed E-state index contributed by atoms with van der Waals surface area (Å²) in [7, 11) is 0. The number of aromatic nitrogens is 2. The van der Waals surface area contributed by atoms with E-state index in [1.807, 2.05) is 42.7 Å². The predicted octanol–water partition coefficient (Wildman–Crippen LogP) is 2.56. The van der Waals surface area contributed by atoms with Crippen LogP contribution in [0.4, 0.5) is 5.95 Å². The number of hydrogen-bond donors (Lipinski definition) is 1. The first-order valence-electron chi connectivity index (χ1n) is 9.29. The van der Waals surface area contributed by atoms with Gasteiger partial charge in [0.1, 0.15) is 5.60 Å². The zero-order valence-corrected chi connectivity index (χ0v) is 14.6. The number of benzene rings is 1. The minimum absolute atomic E-state index is 0.658. The van der Waals surface area contributed by atoms with Crippen molar-refractivity contribution in [2.24, 2.45) is 0 Å². The Balaban J connectivity index is 1.38. The lowest BCUT2D eigenvalue weighted by Crippen LogP contribution is -2.31. The Morgan fingerprint density at radius 3 is 2.40 bits per heavy atom. The molecular formula is C20H26N4O.